The van der Waals surface area contributed by atoms with Gasteiger partial charge in [-0.1, -0.05) is 12.1 Å². The molecular formula is C20H22N4O4S. The summed E-state index contributed by atoms with van der Waals surface area (Å²) < 4.78 is 35.7. The Balaban J connectivity index is 1.84. The third-order valence-corrected chi connectivity index (χ3v) is 5.86. The van der Waals surface area contributed by atoms with Crippen LogP contribution in [0.4, 0.5) is 5.69 Å². The van der Waals surface area contributed by atoms with Crippen LogP contribution in [0.3, 0.4) is 0 Å². The molecule has 0 fully saturated rings. The third kappa shape index (κ3) is 4.82. The maximum absolute atomic E-state index is 13.0. The first kappa shape index (κ1) is 20.6. The van der Waals surface area contributed by atoms with Crippen molar-refractivity contribution in [2.75, 3.05) is 12.4 Å². The van der Waals surface area contributed by atoms with Gasteiger partial charge in [-0.05, 0) is 42.8 Å². The van der Waals surface area contributed by atoms with Gasteiger partial charge in [-0.25, -0.2) is 18.1 Å². The van der Waals surface area contributed by atoms with Crippen molar-refractivity contribution < 1.29 is 17.9 Å². The van der Waals surface area contributed by atoms with Crippen LogP contribution in [0.25, 0.3) is 5.69 Å². The van der Waals surface area contributed by atoms with Crippen LogP contribution < -0.4 is 14.8 Å². The van der Waals surface area contributed by atoms with Crippen LogP contribution in [0.15, 0.2) is 66.1 Å². The SMILES string of the molecule is COc1ccc(NC(C)=O)cc1S(=O)(=O)N[C@@H](C)c1ccc(-n2ccnc2)cc1. The molecule has 3 rings (SSSR count). The van der Waals surface area contributed by atoms with Crippen molar-refractivity contribution in [2.24, 2.45) is 0 Å². The number of methoxy groups -OCH3 is 1. The molecular weight excluding hydrogens is 392 g/mol. The van der Waals surface area contributed by atoms with Gasteiger partial charge in [0.1, 0.15) is 10.6 Å². The maximum Gasteiger partial charge on any atom is 0.244 e. The number of amides is 1. The Morgan fingerprint density at radius 2 is 1.90 bits per heavy atom. The monoisotopic (exact) mass is 414 g/mol. The second-order valence-corrected chi connectivity index (χ2v) is 8.13. The predicted molar refractivity (Wildman–Crippen MR) is 110 cm³/mol. The summed E-state index contributed by atoms with van der Waals surface area (Å²) in [5, 5.41) is 2.58. The molecule has 0 saturated heterocycles. The minimum atomic E-state index is -3.90. The topological polar surface area (TPSA) is 102 Å². The van der Waals surface area contributed by atoms with Gasteiger partial charge >= 0.3 is 0 Å². The lowest BCUT2D eigenvalue weighted by atomic mass is 10.1. The molecule has 3 aromatic rings. The van der Waals surface area contributed by atoms with E-state index in [-0.39, 0.29) is 16.6 Å². The van der Waals surface area contributed by atoms with Crippen LogP contribution in [-0.2, 0) is 14.8 Å². The predicted octanol–water partition coefficient (Wildman–Crippen LogP) is 2.88. The summed E-state index contributed by atoms with van der Waals surface area (Å²) in [5.41, 5.74) is 2.09. The zero-order chi connectivity index (χ0) is 21.0. The number of hydrogen-bond acceptors (Lipinski definition) is 5. The Morgan fingerprint density at radius 3 is 2.48 bits per heavy atom. The lowest BCUT2D eigenvalue weighted by molar-refractivity contribution is -0.114. The van der Waals surface area contributed by atoms with Crippen molar-refractivity contribution >= 4 is 21.6 Å². The number of anilines is 1. The first-order chi connectivity index (χ1) is 13.8. The summed E-state index contributed by atoms with van der Waals surface area (Å²) >= 11 is 0. The maximum atomic E-state index is 13.0. The van der Waals surface area contributed by atoms with E-state index >= 15 is 0 Å². The van der Waals surface area contributed by atoms with Crippen molar-refractivity contribution in [3.8, 4) is 11.4 Å². The van der Waals surface area contributed by atoms with Crippen LogP contribution in [0.2, 0.25) is 0 Å². The number of sulfonamides is 1. The second-order valence-electron chi connectivity index (χ2n) is 6.45. The molecule has 1 heterocycles. The lowest BCUT2D eigenvalue weighted by Crippen LogP contribution is -2.27. The first-order valence-electron chi connectivity index (χ1n) is 8.86. The fourth-order valence-corrected chi connectivity index (χ4v) is 4.31. The number of ether oxygens (including phenoxy) is 1. The van der Waals surface area contributed by atoms with Crippen LogP contribution in [0, 0.1) is 0 Å². The van der Waals surface area contributed by atoms with E-state index in [4.69, 9.17) is 4.74 Å². The molecule has 9 heteroatoms. The third-order valence-electron chi connectivity index (χ3n) is 4.30. The summed E-state index contributed by atoms with van der Waals surface area (Å²) in [6, 6.07) is 11.5. The molecule has 0 radical (unpaired) electrons. The average molecular weight is 414 g/mol. The molecule has 0 aliphatic carbocycles. The fraction of sp³-hybridized carbons (Fsp3) is 0.200. The Hall–Kier alpha value is -3.17. The summed E-state index contributed by atoms with van der Waals surface area (Å²) in [6.45, 7) is 3.11. The van der Waals surface area contributed by atoms with Gasteiger partial charge < -0.3 is 14.6 Å². The molecule has 0 saturated carbocycles. The Labute approximate surface area is 169 Å². The molecule has 0 spiro atoms. The minimum Gasteiger partial charge on any atom is -0.495 e. The number of hydrogen-bond donors (Lipinski definition) is 2. The Bertz CT molecular complexity index is 1090. The van der Waals surface area contributed by atoms with Gasteiger partial charge in [-0.2, -0.15) is 0 Å². The van der Waals surface area contributed by atoms with Crippen LogP contribution in [-0.4, -0.2) is 31.0 Å². The second kappa shape index (κ2) is 8.46. The van der Waals surface area contributed by atoms with Gasteiger partial charge in [0.05, 0.1) is 13.4 Å². The zero-order valence-electron chi connectivity index (χ0n) is 16.3. The molecule has 2 aromatic carbocycles. The number of imidazole rings is 1. The van der Waals surface area contributed by atoms with Crippen molar-refractivity contribution in [2.45, 2.75) is 24.8 Å². The number of nitrogens with one attached hydrogen (secondary N) is 2. The number of carbonyl (C=O) groups excluding carboxylic acids is 1. The summed E-state index contributed by atoms with van der Waals surface area (Å²) in [4.78, 5) is 15.3. The highest BCUT2D eigenvalue weighted by Gasteiger charge is 2.23. The summed E-state index contributed by atoms with van der Waals surface area (Å²) in [6.07, 6.45) is 5.21. The molecule has 1 aromatic heterocycles. The quantitative estimate of drug-likeness (QED) is 0.619. The molecule has 29 heavy (non-hydrogen) atoms. The molecule has 1 amide bonds. The highest BCUT2D eigenvalue weighted by atomic mass is 32.2. The summed E-state index contributed by atoms with van der Waals surface area (Å²) in [7, 11) is -2.51. The molecule has 8 nitrogen and oxygen atoms in total. The zero-order valence-corrected chi connectivity index (χ0v) is 17.1. The molecule has 0 unspecified atom stereocenters. The van der Waals surface area contributed by atoms with Crippen LogP contribution in [0.5, 0.6) is 5.75 Å². The Morgan fingerprint density at radius 1 is 1.17 bits per heavy atom. The highest BCUT2D eigenvalue weighted by molar-refractivity contribution is 7.89. The average Bonchev–Trinajstić information content (AvgIpc) is 3.22. The van der Waals surface area contributed by atoms with Crippen molar-refractivity contribution in [3.05, 3.63) is 66.7 Å². The number of aromatic nitrogens is 2. The summed E-state index contributed by atoms with van der Waals surface area (Å²) in [5.74, 6) is -0.105. The molecule has 2 N–H and O–H groups in total. The van der Waals surface area contributed by atoms with Crippen molar-refractivity contribution in [3.63, 3.8) is 0 Å². The van der Waals surface area contributed by atoms with E-state index in [2.05, 4.69) is 15.0 Å². The van der Waals surface area contributed by atoms with Gasteiger partial charge in [0.2, 0.25) is 15.9 Å². The first-order valence-corrected chi connectivity index (χ1v) is 10.3. The normalized spacial score (nSPS) is 12.4. The van der Waals surface area contributed by atoms with Crippen LogP contribution in [0.1, 0.15) is 25.5 Å². The van der Waals surface area contributed by atoms with Gasteiger partial charge in [0.15, 0.2) is 0 Å². The smallest absolute Gasteiger partial charge is 0.244 e. The molecule has 152 valence electrons. The molecule has 0 aliphatic rings. The van der Waals surface area contributed by atoms with Crippen molar-refractivity contribution in [1.82, 2.24) is 14.3 Å². The number of benzene rings is 2. The molecule has 0 bridgehead atoms. The van der Waals surface area contributed by atoms with Gasteiger partial charge in [-0.15, -0.1) is 0 Å². The van der Waals surface area contributed by atoms with E-state index in [0.717, 1.165) is 11.3 Å². The molecule has 0 aliphatic heterocycles. The number of nitrogens with zero attached hydrogens (tertiary/aromatic N) is 2. The van der Waals surface area contributed by atoms with E-state index in [1.165, 1.54) is 26.2 Å². The largest absolute Gasteiger partial charge is 0.495 e. The minimum absolute atomic E-state index is 0.0480. The Kier molecular flexibility index (Phi) is 6.00. The highest BCUT2D eigenvalue weighted by Crippen LogP contribution is 2.28. The number of rotatable bonds is 7. The van der Waals surface area contributed by atoms with Gasteiger partial charge in [0.25, 0.3) is 0 Å². The molecule has 1 atom stereocenters. The van der Waals surface area contributed by atoms with E-state index in [1.807, 2.05) is 35.0 Å². The van der Waals surface area contributed by atoms with E-state index < -0.39 is 16.1 Å². The van der Waals surface area contributed by atoms with E-state index in [9.17, 15) is 13.2 Å². The van der Waals surface area contributed by atoms with Crippen molar-refractivity contribution in [1.29, 1.82) is 0 Å². The lowest BCUT2D eigenvalue weighted by Gasteiger charge is -2.17. The fourth-order valence-electron chi connectivity index (χ4n) is 2.88. The van der Waals surface area contributed by atoms with E-state index in [0.29, 0.717) is 5.69 Å². The van der Waals surface area contributed by atoms with Gasteiger partial charge in [-0.3, -0.25) is 4.79 Å². The standard InChI is InChI=1S/C20H22N4O4S/c1-14(16-4-7-18(8-5-16)24-11-10-21-13-24)23-29(26,27)20-12-17(22-15(2)25)6-9-19(20)28-3/h4-14,23H,1-3H3,(H,22,25)/t14-/m0/s1. The van der Waals surface area contributed by atoms with E-state index in [1.54, 1.807) is 25.5 Å². The van der Waals surface area contributed by atoms with Crippen LogP contribution >= 0.6 is 0 Å². The number of carbonyl (C=O) groups is 1. The van der Waals surface area contributed by atoms with Gasteiger partial charge in [0, 0.05) is 36.7 Å².